The fraction of sp³-hybridized carbons (Fsp3) is 0.923. The number of hydrogen-bond donors (Lipinski definition) is 4. The van der Waals surface area contributed by atoms with E-state index in [4.69, 9.17) is 18.9 Å². The van der Waals surface area contributed by atoms with Gasteiger partial charge in [0.15, 0.2) is 12.4 Å². The number of carbonyl (C=O) groups excluding carboxylic acids is 2. The molecule has 1 fully saturated rings. The summed E-state index contributed by atoms with van der Waals surface area (Å²) in [6.45, 7) is 3.44. The largest absolute Gasteiger partial charge is 0.462 e. The van der Waals surface area contributed by atoms with Crippen molar-refractivity contribution in [1.29, 1.82) is 0 Å². The Morgan fingerprint density at radius 1 is 0.484 bits per heavy atom. The van der Waals surface area contributed by atoms with Gasteiger partial charge in [0.05, 0.1) is 13.2 Å². The van der Waals surface area contributed by atoms with Gasteiger partial charge in [0.2, 0.25) is 0 Å². The monoisotopic (exact) mass is 883 g/mol. The predicted molar refractivity (Wildman–Crippen MR) is 252 cm³/mol. The second kappa shape index (κ2) is 43.3. The maximum absolute atomic E-state index is 12.8. The summed E-state index contributed by atoms with van der Waals surface area (Å²) in [5.41, 5.74) is 0. The molecular formula is C52H98O10. The lowest BCUT2D eigenvalue weighted by Gasteiger charge is -2.39. The highest BCUT2D eigenvalue weighted by Crippen LogP contribution is 2.23. The Bertz CT molecular complexity index is 1020. The van der Waals surface area contributed by atoms with Gasteiger partial charge in [-0.25, -0.2) is 0 Å². The third-order valence-electron chi connectivity index (χ3n) is 12.4. The van der Waals surface area contributed by atoms with E-state index in [1.807, 2.05) is 0 Å². The van der Waals surface area contributed by atoms with Crippen LogP contribution in [0.2, 0.25) is 0 Å². The molecule has 10 heteroatoms. The van der Waals surface area contributed by atoms with Crippen LogP contribution in [0.1, 0.15) is 251 Å². The van der Waals surface area contributed by atoms with Crippen LogP contribution >= 0.6 is 0 Å². The van der Waals surface area contributed by atoms with Crippen molar-refractivity contribution in [2.45, 2.75) is 288 Å². The maximum atomic E-state index is 12.8. The number of hydrogen-bond acceptors (Lipinski definition) is 10. The van der Waals surface area contributed by atoms with Gasteiger partial charge in [-0.2, -0.15) is 0 Å². The van der Waals surface area contributed by atoms with E-state index in [1.54, 1.807) is 0 Å². The second-order valence-electron chi connectivity index (χ2n) is 18.3. The first kappa shape index (κ1) is 58.5. The average Bonchev–Trinajstić information content (AvgIpc) is 3.27. The van der Waals surface area contributed by atoms with Crippen molar-refractivity contribution in [1.82, 2.24) is 0 Å². The van der Waals surface area contributed by atoms with Crippen LogP contribution in [0.5, 0.6) is 0 Å². The van der Waals surface area contributed by atoms with Crippen LogP contribution in [0.25, 0.3) is 0 Å². The highest BCUT2D eigenvalue weighted by Gasteiger charge is 2.44. The first-order valence-corrected chi connectivity index (χ1v) is 26.3. The number of allylic oxidation sites excluding steroid dienone is 2. The van der Waals surface area contributed by atoms with Crippen LogP contribution in [-0.2, 0) is 28.5 Å². The maximum Gasteiger partial charge on any atom is 0.306 e. The first-order chi connectivity index (χ1) is 30.3. The number of carbonyl (C=O) groups is 2. The lowest BCUT2D eigenvalue weighted by Crippen LogP contribution is -2.59. The van der Waals surface area contributed by atoms with Crippen molar-refractivity contribution in [3.63, 3.8) is 0 Å². The fourth-order valence-corrected chi connectivity index (χ4v) is 8.23. The highest BCUT2D eigenvalue weighted by molar-refractivity contribution is 5.70. The molecule has 0 aromatic rings. The number of rotatable bonds is 45. The molecule has 0 aromatic carbocycles. The Balaban J connectivity index is 2.21. The smallest absolute Gasteiger partial charge is 0.306 e. The minimum absolute atomic E-state index is 0.212. The first-order valence-electron chi connectivity index (χ1n) is 26.3. The van der Waals surface area contributed by atoms with Crippen LogP contribution in [0.4, 0.5) is 0 Å². The molecule has 0 saturated carbocycles. The zero-order chi connectivity index (χ0) is 45.1. The molecule has 366 valence electrons. The Morgan fingerprint density at radius 3 is 1.31 bits per heavy atom. The van der Waals surface area contributed by atoms with Gasteiger partial charge in [-0.3, -0.25) is 9.59 Å². The standard InChI is InChI=1S/C52H98O10/c1-3-5-7-9-11-13-15-17-19-20-21-22-23-24-25-27-28-30-32-34-36-38-40-47(54)59-43-45(44-60-52-51(58)50(57)49(56)46(42-53)62-52)61-48(55)41-39-37-35-33-31-29-26-18-16-14-12-10-8-6-4-2/h10,12,45-46,49-53,56-58H,3-9,11,13-44H2,1-2H3/b12-10+/t45-,46-,49+,50?,51?,52-/m0/s1. The summed E-state index contributed by atoms with van der Waals surface area (Å²) in [6, 6.07) is 0. The molecule has 1 rings (SSSR count). The number of esters is 2. The van der Waals surface area contributed by atoms with Crippen LogP contribution < -0.4 is 0 Å². The van der Waals surface area contributed by atoms with E-state index in [-0.39, 0.29) is 32.0 Å². The SMILES string of the molecule is CCCC/C=C/CCCCCCCCCCCC(=O)O[C@@H](COC(=O)CCCCCCCCCCCCCCCCCCCCCCCC)CO[C@H]1O[C@@H](CO)[C@@H](O)C(O)C1O. The molecule has 1 aliphatic rings. The Labute approximate surface area is 380 Å². The molecule has 0 spiro atoms. The minimum Gasteiger partial charge on any atom is -0.462 e. The third kappa shape index (κ3) is 33.9. The topological polar surface area (TPSA) is 152 Å². The van der Waals surface area contributed by atoms with E-state index in [9.17, 15) is 30.0 Å². The Kier molecular flexibility index (Phi) is 40.9. The van der Waals surface area contributed by atoms with Crippen molar-refractivity contribution >= 4 is 11.9 Å². The molecule has 1 heterocycles. The zero-order valence-electron chi connectivity index (χ0n) is 40.1. The summed E-state index contributed by atoms with van der Waals surface area (Å²) < 4.78 is 22.3. The molecule has 1 aliphatic heterocycles. The quantitative estimate of drug-likeness (QED) is 0.0264. The van der Waals surface area contributed by atoms with Crippen molar-refractivity contribution in [3.05, 3.63) is 12.2 Å². The number of ether oxygens (including phenoxy) is 4. The van der Waals surface area contributed by atoms with Crippen molar-refractivity contribution in [2.24, 2.45) is 0 Å². The Morgan fingerprint density at radius 2 is 0.871 bits per heavy atom. The van der Waals surface area contributed by atoms with Gasteiger partial charge in [0.25, 0.3) is 0 Å². The van der Waals surface area contributed by atoms with E-state index in [0.717, 1.165) is 38.5 Å². The molecular weight excluding hydrogens is 785 g/mol. The van der Waals surface area contributed by atoms with Crippen LogP contribution in [0.15, 0.2) is 12.2 Å². The van der Waals surface area contributed by atoms with Crippen molar-refractivity contribution in [3.8, 4) is 0 Å². The van der Waals surface area contributed by atoms with Crippen molar-refractivity contribution < 1.29 is 49.0 Å². The summed E-state index contributed by atoms with van der Waals surface area (Å²) >= 11 is 0. The molecule has 0 aliphatic carbocycles. The lowest BCUT2D eigenvalue weighted by molar-refractivity contribution is -0.305. The van der Waals surface area contributed by atoms with Gasteiger partial charge < -0.3 is 39.4 Å². The van der Waals surface area contributed by atoms with Gasteiger partial charge in [-0.1, -0.05) is 219 Å². The average molecular weight is 883 g/mol. The molecule has 0 bridgehead atoms. The molecule has 0 amide bonds. The second-order valence-corrected chi connectivity index (χ2v) is 18.3. The molecule has 62 heavy (non-hydrogen) atoms. The fourth-order valence-electron chi connectivity index (χ4n) is 8.23. The summed E-state index contributed by atoms with van der Waals surface area (Å²) in [4.78, 5) is 25.4. The predicted octanol–water partition coefficient (Wildman–Crippen LogP) is 12.3. The molecule has 6 atom stereocenters. The number of aliphatic hydroxyl groups excluding tert-OH is 4. The molecule has 4 N–H and O–H groups in total. The molecule has 2 unspecified atom stereocenters. The van der Waals surface area contributed by atoms with Crippen LogP contribution in [-0.4, -0.2) is 89.0 Å². The van der Waals surface area contributed by atoms with Gasteiger partial charge in [0, 0.05) is 12.8 Å². The third-order valence-corrected chi connectivity index (χ3v) is 12.4. The summed E-state index contributed by atoms with van der Waals surface area (Å²) in [6.07, 6.45) is 40.8. The van der Waals surface area contributed by atoms with Crippen molar-refractivity contribution in [2.75, 3.05) is 19.8 Å². The van der Waals surface area contributed by atoms with E-state index in [0.29, 0.717) is 6.42 Å². The van der Waals surface area contributed by atoms with Gasteiger partial charge in [-0.15, -0.1) is 0 Å². The lowest BCUT2D eigenvalue weighted by atomic mass is 9.99. The van der Waals surface area contributed by atoms with E-state index in [1.165, 1.54) is 180 Å². The number of aliphatic hydroxyl groups is 4. The molecule has 10 nitrogen and oxygen atoms in total. The molecule has 0 aromatic heterocycles. The van der Waals surface area contributed by atoms with E-state index < -0.39 is 49.4 Å². The summed E-state index contributed by atoms with van der Waals surface area (Å²) in [5.74, 6) is -0.793. The van der Waals surface area contributed by atoms with Gasteiger partial charge in [0.1, 0.15) is 31.0 Å². The van der Waals surface area contributed by atoms with Gasteiger partial charge in [-0.05, 0) is 32.1 Å². The normalized spacial score (nSPS) is 19.6. The summed E-state index contributed by atoms with van der Waals surface area (Å²) in [5, 5.41) is 40.2. The molecule has 0 radical (unpaired) electrons. The summed E-state index contributed by atoms with van der Waals surface area (Å²) in [7, 11) is 0. The van der Waals surface area contributed by atoms with Crippen LogP contribution in [0.3, 0.4) is 0 Å². The number of unbranched alkanes of at least 4 members (excludes halogenated alkanes) is 32. The van der Waals surface area contributed by atoms with E-state index in [2.05, 4.69) is 26.0 Å². The Hall–Kier alpha value is -1.56. The highest BCUT2D eigenvalue weighted by atomic mass is 16.7. The van der Waals surface area contributed by atoms with Crippen LogP contribution in [0, 0.1) is 0 Å². The van der Waals surface area contributed by atoms with Gasteiger partial charge >= 0.3 is 11.9 Å². The zero-order valence-corrected chi connectivity index (χ0v) is 40.1. The minimum atomic E-state index is -1.59. The molecule has 1 saturated heterocycles. The van der Waals surface area contributed by atoms with E-state index >= 15 is 0 Å².